The highest BCUT2D eigenvalue weighted by Gasteiger charge is 2.33. The fourth-order valence-corrected chi connectivity index (χ4v) is 6.47. The lowest BCUT2D eigenvalue weighted by Crippen LogP contribution is -2.50. The van der Waals surface area contributed by atoms with E-state index in [-0.39, 0.29) is 31.4 Å². The minimum atomic E-state index is -3.53. The maximum absolute atomic E-state index is 13.4. The number of hydrogen-bond acceptors (Lipinski definition) is 6. The molecule has 1 aliphatic heterocycles. The number of piperazine rings is 1. The third kappa shape index (κ3) is 4.27. The number of carbonyl (C=O) groups is 1. The van der Waals surface area contributed by atoms with Gasteiger partial charge in [-0.3, -0.25) is 4.79 Å². The van der Waals surface area contributed by atoms with Gasteiger partial charge in [0.25, 0.3) is 15.9 Å². The molecule has 1 aliphatic rings. The Balaban J connectivity index is 1.35. The van der Waals surface area contributed by atoms with Crippen molar-refractivity contribution in [1.29, 1.82) is 0 Å². The van der Waals surface area contributed by atoms with Crippen LogP contribution in [0.4, 0.5) is 0 Å². The molecule has 1 amide bonds. The van der Waals surface area contributed by atoms with Crippen LogP contribution < -0.4 is 4.74 Å². The van der Waals surface area contributed by atoms with E-state index in [4.69, 9.17) is 9.15 Å². The molecule has 1 saturated heterocycles. The van der Waals surface area contributed by atoms with Crippen LogP contribution in [0.25, 0.3) is 11.0 Å². The van der Waals surface area contributed by atoms with Gasteiger partial charge in [0.15, 0.2) is 5.76 Å². The van der Waals surface area contributed by atoms with Crippen LogP contribution in [0.15, 0.2) is 80.7 Å². The summed E-state index contributed by atoms with van der Waals surface area (Å²) in [4.78, 5) is 15.0. The monoisotopic (exact) mass is 482 g/mol. The summed E-state index contributed by atoms with van der Waals surface area (Å²) in [5, 5.41) is 2.57. The van der Waals surface area contributed by atoms with Gasteiger partial charge in [-0.1, -0.05) is 42.5 Å². The molecular formula is C24H22N2O5S2. The van der Waals surface area contributed by atoms with Gasteiger partial charge in [-0.15, -0.1) is 11.3 Å². The molecule has 170 valence electrons. The Morgan fingerprint density at radius 3 is 2.39 bits per heavy atom. The van der Waals surface area contributed by atoms with Crippen molar-refractivity contribution in [2.45, 2.75) is 10.8 Å². The molecule has 5 rings (SSSR count). The van der Waals surface area contributed by atoms with E-state index in [1.807, 2.05) is 54.6 Å². The predicted molar refractivity (Wildman–Crippen MR) is 126 cm³/mol. The number of fused-ring (bicyclic) bond motifs is 1. The van der Waals surface area contributed by atoms with E-state index in [9.17, 15) is 13.2 Å². The van der Waals surface area contributed by atoms with Crippen LogP contribution in [0.5, 0.6) is 5.75 Å². The van der Waals surface area contributed by atoms with Crippen LogP contribution in [0.2, 0.25) is 0 Å². The summed E-state index contributed by atoms with van der Waals surface area (Å²) < 4.78 is 39.2. The first kappa shape index (κ1) is 21.7. The molecule has 0 radical (unpaired) electrons. The van der Waals surface area contributed by atoms with Gasteiger partial charge in [-0.2, -0.15) is 4.31 Å². The van der Waals surface area contributed by atoms with Crippen LogP contribution in [0.1, 0.15) is 16.1 Å². The van der Waals surface area contributed by atoms with Crippen LogP contribution in [0, 0.1) is 0 Å². The molecule has 3 heterocycles. The lowest BCUT2D eigenvalue weighted by atomic mass is 10.1. The smallest absolute Gasteiger partial charge is 0.290 e. The molecule has 2 aromatic carbocycles. The minimum absolute atomic E-state index is 0.189. The topological polar surface area (TPSA) is 80.1 Å². The zero-order valence-electron chi connectivity index (χ0n) is 17.7. The molecular weight excluding hydrogens is 460 g/mol. The molecule has 0 bridgehead atoms. The molecule has 0 unspecified atom stereocenters. The average Bonchev–Trinajstić information content (AvgIpc) is 3.52. The van der Waals surface area contributed by atoms with Gasteiger partial charge in [0.2, 0.25) is 0 Å². The number of furan rings is 1. The number of thiophene rings is 1. The van der Waals surface area contributed by atoms with E-state index in [0.29, 0.717) is 34.2 Å². The molecule has 7 nitrogen and oxygen atoms in total. The van der Waals surface area contributed by atoms with Crippen molar-refractivity contribution in [3.8, 4) is 5.75 Å². The van der Waals surface area contributed by atoms with Crippen molar-refractivity contribution >= 4 is 38.2 Å². The standard InChI is InChI=1S/C24H22N2O5S2/c27-24(25-12-14-26(15-13-25)33(28,29)22-11-6-16-32-22)23-20(17-30-18-7-2-1-3-8-18)19-9-4-5-10-21(19)31-23/h1-11,16H,12-15,17H2. The Labute approximate surface area is 195 Å². The van der Waals surface area contributed by atoms with Gasteiger partial charge in [0.05, 0.1) is 0 Å². The van der Waals surface area contributed by atoms with Gasteiger partial charge in [0.1, 0.15) is 22.1 Å². The summed E-state index contributed by atoms with van der Waals surface area (Å²) in [6.07, 6.45) is 0. The molecule has 0 atom stereocenters. The van der Waals surface area contributed by atoms with Gasteiger partial charge in [0, 0.05) is 37.1 Å². The van der Waals surface area contributed by atoms with Gasteiger partial charge in [-0.05, 0) is 29.6 Å². The number of nitrogens with zero attached hydrogens (tertiary/aromatic N) is 2. The predicted octanol–water partition coefficient (Wildman–Crippen LogP) is 4.22. The number of para-hydroxylation sites is 2. The number of amides is 1. The Bertz CT molecular complexity index is 1360. The molecule has 2 aromatic heterocycles. The second-order valence-corrected chi connectivity index (χ2v) is 10.7. The Morgan fingerprint density at radius 1 is 0.939 bits per heavy atom. The van der Waals surface area contributed by atoms with Gasteiger partial charge >= 0.3 is 0 Å². The normalized spacial score (nSPS) is 15.1. The molecule has 9 heteroatoms. The van der Waals surface area contributed by atoms with Gasteiger partial charge < -0.3 is 14.1 Å². The van der Waals surface area contributed by atoms with Crippen molar-refractivity contribution in [3.05, 3.63) is 83.4 Å². The van der Waals surface area contributed by atoms with E-state index in [1.165, 1.54) is 15.6 Å². The highest BCUT2D eigenvalue weighted by Crippen LogP contribution is 2.29. The third-order valence-corrected chi connectivity index (χ3v) is 8.91. The Hall–Kier alpha value is -3.14. The molecule has 0 aliphatic carbocycles. The van der Waals surface area contributed by atoms with Gasteiger partial charge in [-0.25, -0.2) is 8.42 Å². The molecule has 0 spiro atoms. The van der Waals surface area contributed by atoms with Crippen LogP contribution >= 0.6 is 11.3 Å². The van der Waals surface area contributed by atoms with Crippen molar-refractivity contribution in [3.63, 3.8) is 0 Å². The van der Waals surface area contributed by atoms with E-state index in [2.05, 4.69) is 0 Å². The first-order valence-electron chi connectivity index (χ1n) is 10.6. The first-order valence-corrected chi connectivity index (χ1v) is 12.9. The minimum Gasteiger partial charge on any atom is -0.489 e. The fraction of sp³-hybridized carbons (Fsp3) is 0.208. The Kier molecular flexibility index (Phi) is 5.92. The summed E-state index contributed by atoms with van der Waals surface area (Å²) in [5.74, 6) is 0.682. The average molecular weight is 483 g/mol. The van der Waals surface area contributed by atoms with E-state index in [0.717, 1.165) is 5.39 Å². The summed E-state index contributed by atoms with van der Waals surface area (Å²) in [6, 6.07) is 20.2. The molecule has 0 N–H and O–H groups in total. The van der Waals surface area contributed by atoms with E-state index >= 15 is 0 Å². The number of benzene rings is 2. The lowest BCUT2D eigenvalue weighted by molar-refractivity contribution is 0.0665. The molecule has 33 heavy (non-hydrogen) atoms. The summed E-state index contributed by atoms with van der Waals surface area (Å²) in [7, 11) is -3.53. The molecule has 4 aromatic rings. The van der Waals surface area contributed by atoms with Crippen molar-refractivity contribution in [2.75, 3.05) is 26.2 Å². The quantitative estimate of drug-likeness (QED) is 0.411. The zero-order valence-corrected chi connectivity index (χ0v) is 19.3. The number of sulfonamides is 1. The summed E-state index contributed by atoms with van der Waals surface area (Å²) >= 11 is 1.20. The SMILES string of the molecule is O=C(c1oc2ccccc2c1COc1ccccc1)N1CCN(S(=O)(=O)c2cccs2)CC1. The van der Waals surface area contributed by atoms with Crippen LogP contribution in [0.3, 0.4) is 0 Å². The number of hydrogen-bond donors (Lipinski definition) is 0. The van der Waals surface area contributed by atoms with Crippen molar-refractivity contribution in [1.82, 2.24) is 9.21 Å². The number of ether oxygens (including phenoxy) is 1. The molecule has 1 fully saturated rings. The first-order chi connectivity index (χ1) is 16.0. The number of rotatable bonds is 6. The summed E-state index contributed by atoms with van der Waals surface area (Å²) in [6.45, 7) is 1.25. The van der Waals surface area contributed by atoms with Crippen LogP contribution in [-0.2, 0) is 16.6 Å². The van der Waals surface area contributed by atoms with E-state index in [1.54, 1.807) is 22.4 Å². The second-order valence-electron chi connectivity index (χ2n) is 7.64. The van der Waals surface area contributed by atoms with Crippen molar-refractivity contribution in [2.24, 2.45) is 0 Å². The second kappa shape index (κ2) is 9.01. The van der Waals surface area contributed by atoms with E-state index < -0.39 is 10.0 Å². The summed E-state index contributed by atoms with van der Waals surface area (Å²) in [5.41, 5.74) is 1.31. The largest absolute Gasteiger partial charge is 0.489 e. The highest BCUT2D eigenvalue weighted by atomic mass is 32.2. The highest BCUT2D eigenvalue weighted by molar-refractivity contribution is 7.91. The maximum Gasteiger partial charge on any atom is 0.290 e. The number of carbonyl (C=O) groups excluding carboxylic acids is 1. The zero-order chi connectivity index (χ0) is 22.8. The Morgan fingerprint density at radius 2 is 1.67 bits per heavy atom. The van der Waals surface area contributed by atoms with Crippen molar-refractivity contribution < 1.29 is 22.4 Å². The van der Waals surface area contributed by atoms with Crippen LogP contribution in [-0.4, -0.2) is 49.7 Å². The lowest BCUT2D eigenvalue weighted by Gasteiger charge is -2.33. The maximum atomic E-state index is 13.4. The molecule has 0 saturated carbocycles. The fourth-order valence-electron chi connectivity index (χ4n) is 3.90. The third-order valence-electron chi connectivity index (χ3n) is 5.63.